The minimum Gasteiger partial charge on any atom is -0.493 e. The van der Waals surface area contributed by atoms with Crippen LogP contribution in [-0.4, -0.2) is 61.2 Å². The molecule has 3 heterocycles. The zero-order valence-electron chi connectivity index (χ0n) is 13.5. The molecule has 0 aromatic heterocycles. The van der Waals surface area contributed by atoms with Crippen molar-refractivity contribution in [2.24, 2.45) is 0 Å². The van der Waals surface area contributed by atoms with Gasteiger partial charge in [0.05, 0.1) is 6.61 Å². The van der Waals surface area contributed by atoms with Crippen LogP contribution in [0, 0.1) is 0 Å². The lowest BCUT2D eigenvalue weighted by Crippen LogP contribution is -2.51. The highest BCUT2D eigenvalue weighted by Gasteiger charge is 2.30. The molecule has 3 aliphatic heterocycles. The SMILES string of the molecule is O=C([C@@H]1CCCO1)N1CCN(Cc2ccc3c(c2)CCO3)CC1. The number of ether oxygens (including phenoxy) is 2. The fraction of sp³-hybridized carbons (Fsp3) is 0.611. The van der Waals surface area contributed by atoms with Crippen molar-refractivity contribution in [3.8, 4) is 5.75 Å². The predicted molar refractivity (Wildman–Crippen MR) is 86.5 cm³/mol. The molecule has 1 aromatic carbocycles. The number of benzene rings is 1. The minimum atomic E-state index is -0.182. The summed E-state index contributed by atoms with van der Waals surface area (Å²) >= 11 is 0. The second kappa shape index (κ2) is 6.49. The van der Waals surface area contributed by atoms with Gasteiger partial charge < -0.3 is 14.4 Å². The van der Waals surface area contributed by atoms with Gasteiger partial charge in [0.15, 0.2) is 0 Å². The fourth-order valence-electron chi connectivity index (χ4n) is 3.70. The van der Waals surface area contributed by atoms with Crippen molar-refractivity contribution in [3.05, 3.63) is 29.3 Å². The number of hydrogen-bond donors (Lipinski definition) is 0. The first kappa shape index (κ1) is 15.0. The van der Waals surface area contributed by atoms with Gasteiger partial charge in [0.1, 0.15) is 11.9 Å². The molecule has 3 aliphatic rings. The molecule has 1 atom stereocenters. The van der Waals surface area contributed by atoms with E-state index in [0.29, 0.717) is 0 Å². The number of fused-ring (bicyclic) bond motifs is 1. The molecule has 0 radical (unpaired) electrons. The van der Waals surface area contributed by atoms with Crippen molar-refractivity contribution in [1.29, 1.82) is 0 Å². The van der Waals surface area contributed by atoms with E-state index >= 15 is 0 Å². The lowest BCUT2D eigenvalue weighted by molar-refractivity contribution is -0.142. The normalized spacial score (nSPS) is 24.5. The van der Waals surface area contributed by atoms with Gasteiger partial charge in [-0.25, -0.2) is 0 Å². The highest BCUT2D eigenvalue weighted by molar-refractivity contribution is 5.81. The maximum Gasteiger partial charge on any atom is 0.251 e. The molecule has 5 nitrogen and oxygen atoms in total. The van der Waals surface area contributed by atoms with Crippen molar-refractivity contribution in [3.63, 3.8) is 0 Å². The molecule has 5 heteroatoms. The second-order valence-corrected chi connectivity index (χ2v) is 6.64. The van der Waals surface area contributed by atoms with Crippen LogP contribution < -0.4 is 4.74 Å². The molecule has 0 spiro atoms. The largest absolute Gasteiger partial charge is 0.493 e. The fourth-order valence-corrected chi connectivity index (χ4v) is 3.70. The van der Waals surface area contributed by atoms with Crippen LogP contribution in [0.3, 0.4) is 0 Å². The maximum absolute atomic E-state index is 12.4. The van der Waals surface area contributed by atoms with Gasteiger partial charge in [-0.15, -0.1) is 0 Å². The first-order valence-electron chi connectivity index (χ1n) is 8.67. The molecule has 4 rings (SSSR count). The topological polar surface area (TPSA) is 42.0 Å². The van der Waals surface area contributed by atoms with Gasteiger partial charge in [-0.05, 0) is 30.0 Å². The summed E-state index contributed by atoms with van der Waals surface area (Å²) in [6.45, 7) is 5.99. The Morgan fingerprint density at radius 2 is 2.04 bits per heavy atom. The van der Waals surface area contributed by atoms with E-state index in [2.05, 4.69) is 23.1 Å². The lowest BCUT2D eigenvalue weighted by Gasteiger charge is -2.35. The Morgan fingerprint density at radius 1 is 1.17 bits per heavy atom. The average molecular weight is 316 g/mol. The molecule has 124 valence electrons. The third kappa shape index (κ3) is 3.21. The smallest absolute Gasteiger partial charge is 0.251 e. The van der Waals surface area contributed by atoms with Crippen molar-refractivity contribution in [2.45, 2.75) is 31.9 Å². The van der Waals surface area contributed by atoms with Crippen molar-refractivity contribution < 1.29 is 14.3 Å². The van der Waals surface area contributed by atoms with E-state index in [1.165, 1.54) is 11.1 Å². The molecular formula is C18H24N2O3. The standard InChI is InChI=1S/C18H24N2O3/c21-18(17-2-1-10-22-17)20-8-6-19(7-9-20)13-14-3-4-16-15(12-14)5-11-23-16/h3-4,12,17H,1-2,5-11,13H2/t17-/m0/s1. The van der Waals surface area contributed by atoms with Crippen molar-refractivity contribution in [2.75, 3.05) is 39.4 Å². The third-order valence-corrected chi connectivity index (χ3v) is 5.05. The summed E-state index contributed by atoms with van der Waals surface area (Å²) < 4.78 is 11.1. The number of carbonyl (C=O) groups excluding carboxylic acids is 1. The lowest BCUT2D eigenvalue weighted by atomic mass is 10.1. The number of rotatable bonds is 3. The minimum absolute atomic E-state index is 0.182. The molecular weight excluding hydrogens is 292 g/mol. The number of piperazine rings is 1. The zero-order chi connectivity index (χ0) is 15.6. The van der Waals surface area contributed by atoms with Crippen LogP contribution in [0.2, 0.25) is 0 Å². The summed E-state index contributed by atoms with van der Waals surface area (Å²) in [4.78, 5) is 16.8. The Kier molecular flexibility index (Phi) is 4.23. The Morgan fingerprint density at radius 3 is 2.83 bits per heavy atom. The summed E-state index contributed by atoms with van der Waals surface area (Å²) in [5.41, 5.74) is 2.67. The Bertz CT molecular complexity index is 576. The van der Waals surface area contributed by atoms with E-state index in [9.17, 15) is 4.79 Å². The van der Waals surface area contributed by atoms with E-state index in [4.69, 9.17) is 9.47 Å². The molecule has 2 fully saturated rings. The monoisotopic (exact) mass is 316 g/mol. The number of amides is 1. The predicted octanol–water partition coefficient (Wildman–Crippen LogP) is 1.44. The van der Waals surface area contributed by atoms with E-state index in [-0.39, 0.29) is 12.0 Å². The maximum atomic E-state index is 12.4. The first-order chi connectivity index (χ1) is 11.3. The summed E-state index contributed by atoms with van der Waals surface area (Å²) in [6, 6.07) is 6.52. The Labute approximate surface area is 137 Å². The van der Waals surface area contributed by atoms with Crippen molar-refractivity contribution >= 4 is 5.91 Å². The highest BCUT2D eigenvalue weighted by Crippen LogP contribution is 2.26. The summed E-state index contributed by atoms with van der Waals surface area (Å²) in [5, 5.41) is 0. The van der Waals surface area contributed by atoms with Crippen LogP contribution >= 0.6 is 0 Å². The van der Waals surface area contributed by atoms with Crippen LogP contribution in [-0.2, 0) is 22.5 Å². The summed E-state index contributed by atoms with van der Waals surface area (Å²) in [7, 11) is 0. The van der Waals surface area contributed by atoms with Crippen LogP contribution in [0.4, 0.5) is 0 Å². The Hall–Kier alpha value is -1.59. The molecule has 0 unspecified atom stereocenters. The number of carbonyl (C=O) groups is 1. The van der Waals surface area contributed by atoms with Crippen LogP contribution in [0.5, 0.6) is 5.75 Å². The van der Waals surface area contributed by atoms with Crippen LogP contribution in [0.1, 0.15) is 24.0 Å². The van der Waals surface area contributed by atoms with Gasteiger partial charge in [0.2, 0.25) is 0 Å². The quantitative estimate of drug-likeness (QED) is 0.846. The van der Waals surface area contributed by atoms with E-state index in [1.807, 2.05) is 4.90 Å². The van der Waals surface area contributed by atoms with Gasteiger partial charge in [-0.3, -0.25) is 9.69 Å². The third-order valence-electron chi connectivity index (χ3n) is 5.05. The zero-order valence-corrected chi connectivity index (χ0v) is 13.5. The van der Waals surface area contributed by atoms with Gasteiger partial charge in [0, 0.05) is 45.8 Å². The molecule has 0 N–H and O–H groups in total. The molecule has 0 aliphatic carbocycles. The highest BCUT2D eigenvalue weighted by atomic mass is 16.5. The summed E-state index contributed by atoms with van der Waals surface area (Å²) in [6.07, 6.45) is 2.74. The Balaban J connectivity index is 1.30. The molecule has 23 heavy (non-hydrogen) atoms. The van der Waals surface area contributed by atoms with Crippen molar-refractivity contribution in [1.82, 2.24) is 9.80 Å². The van der Waals surface area contributed by atoms with Gasteiger partial charge in [-0.2, -0.15) is 0 Å². The number of hydrogen-bond acceptors (Lipinski definition) is 4. The molecule has 1 aromatic rings. The average Bonchev–Trinajstić information content (AvgIpc) is 3.26. The van der Waals surface area contributed by atoms with E-state index in [0.717, 1.165) is 70.9 Å². The molecule has 0 saturated carbocycles. The van der Waals surface area contributed by atoms with Gasteiger partial charge in [0.25, 0.3) is 5.91 Å². The van der Waals surface area contributed by atoms with Gasteiger partial charge >= 0.3 is 0 Å². The van der Waals surface area contributed by atoms with Gasteiger partial charge in [-0.1, -0.05) is 12.1 Å². The summed E-state index contributed by atoms with van der Waals surface area (Å²) in [5.74, 6) is 1.23. The molecule has 1 amide bonds. The molecule has 0 bridgehead atoms. The second-order valence-electron chi connectivity index (χ2n) is 6.64. The van der Waals surface area contributed by atoms with E-state index in [1.54, 1.807) is 0 Å². The first-order valence-corrected chi connectivity index (χ1v) is 8.67. The molecule has 2 saturated heterocycles. The van der Waals surface area contributed by atoms with E-state index < -0.39 is 0 Å². The van der Waals surface area contributed by atoms with Crippen LogP contribution in [0.25, 0.3) is 0 Å². The number of nitrogens with zero attached hydrogens (tertiary/aromatic N) is 2. The van der Waals surface area contributed by atoms with Crippen LogP contribution in [0.15, 0.2) is 18.2 Å².